The van der Waals surface area contributed by atoms with Gasteiger partial charge < -0.3 is 14.2 Å². The molecule has 0 saturated carbocycles. The Labute approximate surface area is 182 Å². The fraction of sp³-hybridized carbons (Fsp3) is 0.231. The number of carbonyl (C=O) groups is 2. The molecule has 0 aliphatic rings. The van der Waals surface area contributed by atoms with Crippen molar-refractivity contribution in [3.8, 4) is 22.6 Å². The topological polar surface area (TPSA) is 61.8 Å². The molecule has 0 atom stereocenters. The van der Waals surface area contributed by atoms with Crippen LogP contribution in [0.2, 0.25) is 0 Å². The van der Waals surface area contributed by atoms with Crippen LogP contribution in [0.4, 0.5) is 0 Å². The van der Waals surface area contributed by atoms with Gasteiger partial charge in [0.15, 0.2) is 23.9 Å². The Morgan fingerprint density at radius 3 is 2.10 bits per heavy atom. The molecule has 0 aliphatic carbocycles. The van der Waals surface area contributed by atoms with Gasteiger partial charge in [-0.15, -0.1) is 0 Å². The van der Waals surface area contributed by atoms with Crippen LogP contribution in [0, 0.1) is 0 Å². The Morgan fingerprint density at radius 2 is 1.42 bits per heavy atom. The summed E-state index contributed by atoms with van der Waals surface area (Å²) >= 11 is 0. The van der Waals surface area contributed by atoms with Gasteiger partial charge in [-0.3, -0.25) is 4.79 Å². The Morgan fingerprint density at radius 1 is 0.742 bits per heavy atom. The van der Waals surface area contributed by atoms with E-state index in [9.17, 15) is 9.59 Å². The highest BCUT2D eigenvalue weighted by Gasteiger charge is 2.15. The second-order valence-corrected chi connectivity index (χ2v) is 6.89. The van der Waals surface area contributed by atoms with Crippen LogP contribution in [0.5, 0.6) is 11.5 Å². The summed E-state index contributed by atoms with van der Waals surface area (Å²) in [6.07, 6.45) is 0.865. The molecule has 0 fully saturated rings. The van der Waals surface area contributed by atoms with Crippen molar-refractivity contribution >= 4 is 11.8 Å². The molecule has 0 radical (unpaired) electrons. The zero-order valence-corrected chi connectivity index (χ0v) is 17.8. The van der Waals surface area contributed by atoms with E-state index in [1.54, 1.807) is 30.3 Å². The van der Waals surface area contributed by atoms with Crippen molar-refractivity contribution in [2.24, 2.45) is 0 Å². The highest BCUT2D eigenvalue weighted by atomic mass is 16.5. The minimum atomic E-state index is -0.586. The zero-order chi connectivity index (χ0) is 22.1. The predicted octanol–water partition coefficient (Wildman–Crippen LogP) is 5.58. The summed E-state index contributed by atoms with van der Waals surface area (Å²) in [5, 5.41) is 0. The maximum absolute atomic E-state index is 12.4. The van der Waals surface area contributed by atoms with Gasteiger partial charge in [0.1, 0.15) is 0 Å². The number of benzene rings is 3. The van der Waals surface area contributed by atoms with E-state index in [0.717, 1.165) is 17.5 Å². The predicted molar refractivity (Wildman–Crippen MR) is 120 cm³/mol. The SMILES string of the molecule is CCCOc1ccc(C(=O)OCC(=O)c2ccc(-c3ccccc3)cc2)cc1OCC. The molecule has 5 heteroatoms. The molecular weight excluding hydrogens is 392 g/mol. The van der Waals surface area contributed by atoms with Crippen molar-refractivity contribution in [2.75, 3.05) is 19.8 Å². The molecule has 0 heterocycles. The first kappa shape index (κ1) is 22.1. The molecule has 0 N–H and O–H groups in total. The number of esters is 1. The number of ketones is 1. The van der Waals surface area contributed by atoms with Crippen LogP contribution in [0.15, 0.2) is 72.8 Å². The van der Waals surface area contributed by atoms with Crippen molar-refractivity contribution < 1.29 is 23.8 Å². The summed E-state index contributed by atoms with van der Waals surface area (Å²) in [5.74, 6) is 0.209. The Balaban J connectivity index is 1.62. The first-order valence-corrected chi connectivity index (χ1v) is 10.4. The van der Waals surface area contributed by atoms with Crippen molar-refractivity contribution in [1.29, 1.82) is 0 Å². The Bertz CT molecular complexity index is 1010. The molecular formula is C26H26O5. The van der Waals surface area contributed by atoms with Gasteiger partial charge in [0, 0.05) is 5.56 Å². The van der Waals surface area contributed by atoms with Crippen molar-refractivity contribution in [3.05, 3.63) is 83.9 Å². The summed E-state index contributed by atoms with van der Waals surface area (Å²) < 4.78 is 16.4. The summed E-state index contributed by atoms with van der Waals surface area (Å²) in [6, 6.07) is 22.0. The molecule has 0 aromatic heterocycles. The summed E-state index contributed by atoms with van der Waals surface area (Å²) in [4.78, 5) is 24.9. The van der Waals surface area contributed by atoms with Crippen molar-refractivity contribution in [3.63, 3.8) is 0 Å². The number of rotatable bonds is 10. The number of hydrogen-bond acceptors (Lipinski definition) is 5. The van der Waals surface area contributed by atoms with E-state index >= 15 is 0 Å². The third-order valence-electron chi connectivity index (χ3n) is 4.59. The average molecular weight is 418 g/mol. The van der Waals surface area contributed by atoms with Crippen LogP contribution in [-0.4, -0.2) is 31.6 Å². The van der Waals surface area contributed by atoms with Gasteiger partial charge in [0.05, 0.1) is 18.8 Å². The number of carbonyl (C=O) groups excluding carboxylic acids is 2. The monoisotopic (exact) mass is 418 g/mol. The molecule has 0 saturated heterocycles. The van der Waals surface area contributed by atoms with Gasteiger partial charge in [-0.05, 0) is 42.7 Å². The van der Waals surface area contributed by atoms with Crippen LogP contribution >= 0.6 is 0 Å². The van der Waals surface area contributed by atoms with Crippen LogP contribution in [0.1, 0.15) is 41.0 Å². The maximum Gasteiger partial charge on any atom is 0.338 e. The minimum absolute atomic E-state index is 0.263. The summed E-state index contributed by atoms with van der Waals surface area (Å²) in [5.41, 5.74) is 2.89. The molecule has 0 unspecified atom stereocenters. The van der Waals surface area contributed by atoms with Gasteiger partial charge in [-0.2, -0.15) is 0 Å². The molecule has 3 aromatic carbocycles. The van der Waals surface area contributed by atoms with E-state index < -0.39 is 5.97 Å². The Hall–Kier alpha value is -3.60. The number of hydrogen-bond donors (Lipinski definition) is 0. The second kappa shape index (κ2) is 11.0. The fourth-order valence-electron chi connectivity index (χ4n) is 3.01. The lowest BCUT2D eigenvalue weighted by molar-refractivity contribution is 0.0474. The molecule has 5 nitrogen and oxygen atoms in total. The first-order chi connectivity index (χ1) is 15.1. The van der Waals surface area contributed by atoms with Crippen LogP contribution in [0.25, 0.3) is 11.1 Å². The zero-order valence-electron chi connectivity index (χ0n) is 17.8. The molecule has 3 rings (SSSR count). The molecule has 160 valence electrons. The first-order valence-electron chi connectivity index (χ1n) is 10.4. The third kappa shape index (κ3) is 5.95. The van der Waals surface area contributed by atoms with Gasteiger partial charge in [-0.25, -0.2) is 4.79 Å². The largest absolute Gasteiger partial charge is 0.490 e. The molecule has 0 amide bonds. The number of Topliss-reactive ketones (excluding diaryl/α,β-unsaturated/α-hetero) is 1. The quantitative estimate of drug-likeness (QED) is 0.318. The van der Waals surface area contributed by atoms with Gasteiger partial charge in [-0.1, -0.05) is 61.5 Å². The highest BCUT2D eigenvalue weighted by Crippen LogP contribution is 2.29. The summed E-state index contributed by atoms with van der Waals surface area (Å²) in [7, 11) is 0. The normalized spacial score (nSPS) is 10.4. The average Bonchev–Trinajstić information content (AvgIpc) is 2.82. The fourth-order valence-corrected chi connectivity index (χ4v) is 3.01. The summed E-state index contributed by atoms with van der Waals surface area (Å²) in [6.45, 7) is 4.54. The van der Waals surface area contributed by atoms with Crippen LogP contribution in [-0.2, 0) is 4.74 Å². The molecule has 3 aromatic rings. The molecule has 0 aliphatic heterocycles. The van der Waals surface area contributed by atoms with Gasteiger partial charge in [0.2, 0.25) is 0 Å². The standard InChI is InChI=1S/C26H26O5/c1-3-16-30-24-15-14-22(17-25(24)29-4-2)26(28)31-18-23(27)21-12-10-20(11-13-21)19-8-6-5-7-9-19/h5-15,17H,3-4,16,18H2,1-2H3. The van der Waals surface area contributed by atoms with E-state index in [1.165, 1.54) is 0 Å². The Kier molecular flexibility index (Phi) is 7.82. The minimum Gasteiger partial charge on any atom is -0.490 e. The lowest BCUT2D eigenvalue weighted by Gasteiger charge is -2.12. The van der Waals surface area contributed by atoms with Gasteiger partial charge in [0.25, 0.3) is 0 Å². The van der Waals surface area contributed by atoms with Crippen LogP contribution in [0.3, 0.4) is 0 Å². The number of ether oxygens (including phenoxy) is 3. The van der Waals surface area contributed by atoms with E-state index in [4.69, 9.17) is 14.2 Å². The third-order valence-corrected chi connectivity index (χ3v) is 4.59. The molecule has 31 heavy (non-hydrogen) atoms. The van der Waals surface area contributed by atoms with Crippen molar-refractivity contribution in [2.45, 2.75) is 20.3 Å². The van der Waals surface area contributed by atoms with Crippen LogP contribution < -0.4 is 9.47 Å². The molecule has 0 bridgehead atoms. The van der Waals surface area contributed by atoms with Crippen molar-refractivity contribution in [1.82, 2.24) is 0 Å². The lowest BCUT2D eigenvalue weighted by Crippen LogP contribution is -2.14. The maximum atomic E-state index is 12.4. The second-order valence-electron chi connectivity index (χ2n) is 6.89. The highest BCUT2D eigenvalue weighted by molar-refractivity contribution is 5.99. The van der Waals surface area contributed by atoms with E-state index in [-0.39, 0.29) is 12.4 Å². The lowest BCUT2D eigenvalue weighted by atomic mass is 10.0. The molecule has 0 spiro atoms. The van der Waals surface area contributed by atoms with E-state index in [0.29, 0.717) is 35.8 Å². The van der Waals surface area contributed by atoms with E-state index in [1.807, 2.05) is 56.3 Å². The smallest absolute Gasteiger partial charge is 0.338 e. The van der Waals surface area contributed by atoms with E-state index in [2.05, 4.69) is 0 Å². The van der Waals surface area contributed by atoms with Gasteiger partial charge >= 0.3 is 5.97 Å².